The van der Waals surface area contributed by atoms with E-state index in [1.165, 1.54) is 10.8 Å². The maximum atomic E-state index is 5.28. The zero-order valence-electron chi connectivity index (χ0n) is 11.6. The van der Waals surface area contributed by atoms with Gasteiger partial charge >= 0.3 is 0 Å². The summed E-state index contributed by atoms with van der Waals surface area (Å²) >= 11 is 3.59. The Hall–Kier alpha value is -2.07. The topological polar surface area (TPSA) is 34.1 Å². The molecule has 21 heavy (non-hydrogen) atoms. The number of aromatic nitrogens is 1. The molecule has 0 spiro atoms. The van der Waals surface area contributed by atoms with Gasteiger partial charge in [0, 0.05) is 33.9 Å². The third kappa shape index (κ3) is 2.85. The molecule has 0 aliphatic heterocycles. The molecule has 3 nitrogen and oxygen atoms in total. The van der Waals surface area contributed by atoms with Crippen molar-refractivity contribution in [2.75, 3.05) is 12.4 Å². The molecule has 1 N–H and O–H groups in total. The van der Waals surface area contributed by atoms with E-state index >= 15 is 0 Å². The van der Waals surface area contributed by atoms with Gasteiger partial charge in [-0.3, -0.25) is 0 Å². The van der Waals surface area contributed by atoms with Crippen LogP contribution in [0.15, 0.2) is 59.2 Å². The van der Waals surface area contributed by atoms with E-state index in [1.54, 1.807) is 13.3 Å². The first-order valence-corrected chi connectivity index (χ1v) is 7.48. The fraction of sp³-hybridized carbons (Fsp3) is 0.118. The zero-order chi connectivity index (χ0) is 14.7. The second-order valence-corrected chi connectivity index (χ2v) is 5.52. The Morgan fingerprint density at radius 3 is 2.67 bits per heavy atom. The molecule has 0 aliphatic rings. The first kappa shape index (κ1) is 13.9. The Balaban J connectivity index is 1.91. The molecule has 2 aromatic carbocycles. The number of fused-ring (bicyclic) bond motifs is 1. The van der Waals surface area contributed by atoms with Crippen LogP contribution in [0.3, 0.4) is 0 Å². The van der Waals surface area contributed by atoms with Gasteiger partial charge in [-0.2, -0.15) is 0 Å². The maximum Gasteiger partial charge on any atom is 0.218 e. The molecule has 1 heterocycles. The fourth-order valence-corrected chi connectivity index (χ4v) is 2.83. The number of nitrogens with one attached hydrogen (secondary N) is 1. The lowest BCUT2D eigenvalue weighted by Crippen LogP contribution is -2.03. The van der Waals surface area contributed by atoms with Gasteiger partial charge in [0.25, 0.3) is 0 Å². The molecule has 0 amide bonds. The predicted molar refractivity (Wildman–Crippen MR) is 89.8 cm³/mol. The molecule has 1 aromatic heterocycles. The van der Waals surface area contributed by atoms with Crippen molar-refractivity contribution < 1.29 is 4.74 Å². The molecular formula is C17H15BrN2O. The van der Waals surface area contributed by atoms with Crippen LogP contribution < -0.4 is 10.1 Å². The van der Waals surface area contributed by atoms with Crippen LogP contribution in [0.2, 0.25) is 0 Å². The minimum Gasteiger partial charge on any atom is -0.481 e. The van der Waals surface area contributed by atoms with Gasteiger partial charge < -0.3 is 10.1 Å². The van der Waals surface area contributed by atoms with Gasteiger partial charge in [-0.05, 0) is 23.6 Å². The van der Waals surface area contributed by atoms with Crippen LogP contribution in [0.4, 0.5) is 5.69 Å². The number of rotatable bonds is 4. The van der Waals surface area contributed by atoms with Crippen molar-refractivity contribution in [3.8, 4) is 5.88 Å². The highest BCUT2D eigenvalue weighted by Crippen LogP contribution is 2.30. The van der Waals surface area contributed by atoms with E-state index in [2.05, 4.69) is 50.5 Å². The molecule has 3 rings (SSSR count). The largest absolute Gasteiger partial charge is 0.481 e. The first-order valence-electron chi connectivity index (χ1n) is 6.68. The average molecular weight is 343 g/mol. The van der Waals surface area contributed by atoms with Crippen LogP contribution in [-0.4, -0.2) is 12.1 Å². The summed E-state index contributed by atoms with van der Waals surface area (Å²) in [5.74, 6) is 0.659. The van der Waals surface area contributed by atoms with Crippen molar-refractivity contribution in [2.24, 2.45) is 0 Å². The highest BCUT2D eigenvalue weighted by Gasteiger charge is 2.06. The molecule has 0 saturated carbocycles. The van der Waals surface area contributed by atoms with E-state index in [1.807, 2.05) is 24.3 Å². The molecule has 3 aromatic rings. The van der Waals surface area contributed by atoms with Crippen LogP contribution in [-0.2, 0) is 6.54 Å². The second-order valence-electron chi connectivity index (χ2n) is 4.67. The SMILES string of the molecule is COc1ncccc1CNc1ccc(Br)c2ccccc12. The minimum atomic E-state index is 0.659. The van der Waals surface area contributed by atoms with E-state index < -0.39 is 0 Å². The number of nitrogens with zero attached hydrogens (tertiary/aromatic N) is 1. The van der Waals surface area contributed by atoms with Crippen molar-refractivity contribution in [1.29, 1.82) is 0 Å². The number of benzene rings is 2. The summed E-state index contributed by atoms with van der Waals surface area (Å²) in [6, 6.07) is 16.4. The standard InChI is InChI=1S/C17H15BrN2O/c1-21-17-12(5-4-10-19-17)11-20-16-9-8-15(18)13-6-2-3-7-14(13)16/h2-10,20H,11H2,1H3. The third-order valence-corrected chi connectivity index (χ3v) is 4.07. The molecular weight excluding hydrogens is 328 g/mol. The normalized spacial score (nSPS) is 10.6. The van der Waals surface area contributed by atoms with Crippen LogP contribution in [0.25, 0.3) is 10.8 Å². The molecule has 0 atom stereocenters. The van der Waals surface area contributed by atoms with Gasteiger partial charge in [-0.1, -0.05) is 46.3 Å². The maximum absolute atomic E-state index is 5.28. The van der Waals surface area contributed by atoms with Crippen molar-refractivity contribution in [3.05, 3.63) is 64.8 Å². The van der Waals surface area contributed by atoms with E-state index in [0.29, 0.717) is 12.4 Å². The van der Waals surface area contributed by atoms with Crippen molar-refractivity contribution in [1.82, 2.24) is 4.98 Å². The highest BCUT2D eigenvalue weighted by atomic mass is 79.9. The Morgan fingerprint density at radius 2 is 1.86 bits per heavy atom. The van der Waals surface area contributed by atoms with Gasteiger partial charge in [0.05, 0.1) is 7.11 Å². The Labute approximate surface area is 132 Å². The lowest BCUT2D eigenvalue weighted by Gasteiger charge is -2.12. The predicted octanol–water partition coefficient (Wildman–Crippen LogP) is 4.62. The monoisotopic (exact) mass is 342 g/mol. The number of anilines is 1. The van der Waals surface area contributed by atoms with Gasteiger partial charge in [0.1, 0.15) is 0 Å². The number of hydrogen-bond donors (Lipinski definition) is 1. The van der Waals surface area contributed by atoms with Gasteiger partial charge in [-0.25, -0.2) is 4.98 Å². The Bertz CT molecular complexity index is 774. The average Bonchev–Trinajstić information content (AvgIpc) is 2.55. The number of hydrogen-bond acceptors (Lipinski definition) is 3. The zero-order valence-corrected chi connectivity index (χ0v) is 13.2. The highest BCUT2D eigenvalue weighted by molar-refractivity contribution is 9.10. The number of methoxy groups -OCH3 is 1. The quantitative estimate of drug-likeness (QED) is 0.751. The Kier molecular flexibility index (Phi) is 4.06. The van der Waals surface area contributed by atoms with Gasteiger partial charge in [-0.15, -0.1) is 0 Å². The van der Waals surface area contributed by atoms with Crippen molar-refractivity contribution >= 4 is 32.4 Å². The lowest BCUT2D eigenvalue weighted by molar-refractivity contribution is 0.393. The number of pyridine rings is 1. The summed E-state index contributed by atoms with van der Waals surface area (Å²) < 4.78 is 6.38. The van der Waals surface area contributed by atoms with E-state index in [0.717, 1.165) is 15.7 Å². The number of halogens is 1. The smallest absolute Gasteiger partial charge is 0.218 e. The molecule has 0 unspecified atom stereocenters. The fourth-order valence-electron chi connectivity index (χ4n) is 2.35. The molecule has 0 fully saturated rings. The summed E-state index contributed by atoms with van der Waals surface area (Å²) in [6.07, 6.45) is 1.73. The van der Waals surface area contributed by atoms with Crippen molar-refractivity contribution in [3.63, 3.8) is 0 Å². The minimum absolute atomic E-state index is 0.659. The summed E-state index contributed by atoms with van der Waals surface area (Å²) in [4.78, 5) is 4.22. The molecule has 0 saturated heterocycles. The Morgan fingerprint density at radius 1 is 1.05 bits per heavy atom. The molecule has 0 aliphatic carbocycles. The first-order chi connectivity index (χ1) is 10.3. The van der Waals surface area contributed by atoms with E-state index in [4.69, 9.17) is 4.74 Å². The van der Waals surface area contributed by atoms with Gasteiger partial charge in [0.15, 0.2) is 0 Å². The summed E-state index contributed by atoms with van der Waals surface area (Å²) in [6.45, 7) is 0.669. The molecule has 0 bridgehead atoms. The van der Waals surface area contributed by atoms with Crippen molar-refractivity contribution in [2.45, 2.75) is 6.54 Å². The van der Waals surface area contributed by atoms with Crippen LogP contribution in [0.1, 0.15) is 5.56 Å². The molecule has 0 radical (unpaired) electrons. The summed E-state index contributed by atoms with van der Waals surface area (Å²) in [7, 11) is 1.64. The lowest BCUT2D eigenvalue weighted by atomic mass is 10.1. The van der Waals surface area contributed by atoms with Gasteiger partial charge in [0.2, 0.25) is 5.88 Å². The van der Waals surface area contributed by atoms with Crippen LogP contribution in [0, 0.1) is 0 Å². The van der Waals surface area contributed by atoms with Crippen LogP contribution in [0.5, 0.6) is 5.88 Å². The second kappa shape index (κ2) is 6.14. The van der Waals surface area contributed by atoms with Crippen LogP contribution >= 0.6 is 15.9 Å². The van der Waals surface area contributed by atoms with E-state index in [9.17, 15) is 0 Å². The summed E-state index contributed by atoms with van der Waals surface area (Å²) in [5.41, 5.74) is 2.13. The molecule has 4 heteroatoms. The summed E-state index contributed by atoms with van der Waals surface area (Å²) in [5, 5.41) is 5.85. The number of ether oxygens (including phenoxy) is 1. The molecule has 106 valence electrons. The third-order valence-electron chi connectivity index (χ3n) is 3.38. The van der Waals surface area contributed by atoms with E-state index in [-0.39, 0.29) is 0 Å².